The number of hydrogen-bond acceptors (Lipinski definition) is 9. The Labute approximate surface area is 294 Å². The highest BCUT2D eigenvalue weighted by atomic mass is 16.6. The van der Waals surface area contributed by atoms with Gasteiger partial charge in [0.2, 0.25) is 0 Å². The van der Waals surface area contributed by atoms with E-state index in [1.807, 2.05) is 90.1 Å². The molecule has 3 N–H and O–H groups in total. The van der Waals surface area contributed by atoms with E-state index in [1.165, 1.54) is 0 Å². The molecule has 2 aromatic carbocycles. The Kier molecular flexibility index (Phi) is 11.4. The molecule has 12 nitrogen and oxygen atoms in total. The Morgan fingerprint density at radius 3 is 2.28 bits per heavy atom. The maximum absolute atomic E-state index is 13.1. The van der Waals surface area contributed by atoms with E-state index in [-0.39, 0.29) is 18.0 Å². The average Bonchev–Trinajstić information content (AvgIpc) is 3.05. The molecule has 2 aliphatic rings. The van der Waals surface area contributed by atoms with Crippen LogP contribution in [0.5, 0.6) is 0 Å². The van der Waals surface area contributed by atoms with Crippen molar-refractivity contribution in [2.45, 2.75) is 84.6 Å². The number of nitrogens with one attached hydrogen (secondary N) is 3. The smallest absolute Gasteiger partial charge is 0.416 e. The molecule has 5 rings (SSSR count). The lowest BCUT2D eigenvalue weighted by atomic mass is 10.0. The largest absolute Gasteiger partial charge is 0.444 e. The van der Waals surface area contributed by atoms with Crippen molar-refractivity contribution in [2.24, 2.45) is 4.99 Å². The first-order valence-corrected chi connectivity index (χ1v) is 17.2. The number of hydrogen-bond donors (Lipinski definition) is 3. The Bertz CT molecular complexity index is 1690. The number of aromatic nitrogens is 1. The minimum Gasteiger partial charge on any atom is -0.444 e. The van der Waals surface area contributed by atoms with Crippen LogP contribution in [0.1, 0.15) is 82.3 Å². The van der Waals surface area contributed by atoms with Crippen LogP contribution in [0.4, 0.5) is 26.8 Å². The number of likely N-dealkylation sites (tertiary alicyclic amines) is 1. The van der Waals surface area contributed by atoms with Crippen molar-refractivity contribution < 1.29 is 23.9 Å². The Hall–Kier alpha value is -4.97. The molecular formula is C38H49N7O5. The first-order chi connectivity index (χ1) is 23.7. The van der Waals surface area contributed by atoms with E-state index >= 15 is 0 Å². The molecule has 0 radical (unpaired) electrons. The van der Waals surface area contributed by atoms with Crippen LogP contribution in [0.15, 0.2) is 71.9 Å². The van der Waals surface area contributed by atoms with Gasteiger partial charge in [-0.3, -0.25) is 19.6 Å². The monoisotopic (exact) mass is 683 g/mol. The topological polar surface area (TPSA) is 137 Å². The summed E-state index contributed by atoms with van der Waals surface area (Å²) in [6.45, 7) is 14.8. The number of amides is 3. The minimum absolute atomic E-state index is 0.106. The molecule has 0 unspecified atom stereocenters. The second kappa shape index (κ2) is 15.7. The average molecular weight is 684 g/mol. The zero-order chi connectivity index (χ0) is 35.9. The lowest BCUT2D eigenvalue weighted by molar-refractivity contribution is 0.0362. The van der Waals surface area contributed by atoms with Crippen molar-refractivity contribution in [2.75, 3.05) is 36.8 Å². The van der Waals surface area contributed by atoms with Gasteiger partial charge in [-0.1, -0.05) is 24.3 Å². The molecule has 0 saturated carbocycles. The van der Waals surface area contributed by atoms with Crippen LogP contribution < -0.4 is 16.0 Å². The maximum Gasteiger partial charge on any atom is 0.416 e. The van der Waals surface area contributed by atoms with E-state index in [2.05, 4.69) is 30.8 Å². The van der Waals surface area contributed by atoms with Crippen molar-refractivity contribution in [3.05, 3.63) is 83.6 Å². The van der Waals surface area contributed by atoms with Crippen LogP contribution in [-0.4, -0.2) is 82.1 Å². The Morgan fingerprint density at radius 2 is 1.58 bits per heavy atom. The van der Waals surface area contributed by atoms with Crippen LogP contribution >= 0.6 is 0 Å². The van der Waals surface area contributed by atoms with Gasteiger partial charge >= 0.3 is 12.2 Å². The number of piperidine rings is 1. The van der Waals surface area contributed by atoms with E-state index in [0.717, 1.165) is 55.7 Å². The predicted molar refractivity (Wildman–Crippen MR) is 195 cm³/mol. The van der Waals surface area contributed by atoms with E-state index in [4.69, 9.17) is 9.47 Å². The molecule has 266 valence electrons. The number of amidine groups is 1. The molecular weight excluding hydrogens is 634 g/mol. The second-order valence-corrected chi connectivity index (χ2v) is 14.7. The summed E-state index contributed by atoms with van der Waals surface area (Å²) in [6.07, 6.45) is 3.33. The molecule has 0 aliphatic carbocycles. The predicted octanol–water partition coefficient (Wildman–Crippen LogP) is 6.95. The van der Waals surface area contributed by atoms with Crippen molar-refractivity contribution in [3.63, 3.8) is 0 Å². The van der Waals surface area contributed by atoms with Crippen LogP contribution in [0.25, 0.3) is 0 Å². The molecule has 0 atom stereocenters. The molecule has 3 aromatic rings. The number of alkyl carbamates (subject to hydrolysis) is 1. The van der Waals surface area contributed by atoms with Gasteiger partial charge in [0.15, 0.2) is 0 Å². The third-order valence-corrected chi connectivity index (χ3v) is 8.01. The van der Waals surface area contributed by atoms with Crippen molar-refractivity contribution in [1.82, 2.24) is 20.1 Å². The van der Waals surface area contributed by atoms with E-state index in [1.54, 1.807) is 23.2 Å². The minimum atomic E-state index is -0.609. The summed E-state index contributed by atoms with van der Waals surface area (Å²) in [5.41, 5.74) is 2.69. The first-order valence-electron chi connectivity index (χ1n) is 17.2. The molecule has 1 fully saturated rings. The molecule has 12 heteroatoms. The number of carbonyl (C=O) groups excluding carboxylic acids is 3. The number of nitrogens with zero attached hydrogens (tertiary/aromatic N) is 4. The normalized spacial score (nSPS) is 15.9. The van der Waals surface area contributed by atoms with E-state index < -0.39 is 17.3 Å². The summed E-state index contributed by atoms with van der Waals surface area (Å²) in [5.74, 6) is 0.906. The SMILES string of the molecule is CC(C)(C)OC(=O)NC1CCN(Cc2ccc(C(=O)Nc3ccnc(Nc4cccc(C5=NCCCN5C(=O)OC(C)(C)C)c4)c3)cc2)CC1. The molecule has 1 saturated heterocycles. The van der Waals surface area contributed by atoms with Crippen molar-refractivity contribution in [3.8, 4) is 0 Å². The lowest BCUT2D eigenvalue weighted by Gasteiger charge is -2.32. The molecule has 0 spiro atoms. The third kappa shape index (κ3) is 10.8. The van der Waals surface area contributed by atoms with Gasteiger partial charge in [-0.15, -0.1) is 0 Å². The highest BCUT2D eigenvalue weighted by Gasteiger charge is 2.28. The van der Waals surface area contributed by atoms with Gasteiger partial charge in [0.1, 0.15) is 22.9 Å². The van der Waals surface area contributed by atoms with Gasteiger partial charge < -0.3 is 25.4 Å². The fraction of sp³-hybridized carbons (Fsp3) is 0.447. The summed E-state index contributed by atoms with van der Waals surface area (Å²) in [4.78, 5) is 51.2. The quantitative estimate of drug-likeness (QED) is 0.232. The molecule has 0 bridgehead atoms. The molecule has 2 aliphatic heterocycles. The molecule has 1 aromatic heterocycles. The van der Waals surface area contributed by atoms with E-state index in [9.17, 15) is 14.4 Å². The van der Waals surface area contributed by atoms with Crippen LogP contribution in [0.2, 0.25) is 0 Å². The summed E-state index contributed by atoms with van der Waals surface area (Å²) in [5, 5.41) is 9.25. The summed E-state index contributed by atoms with van der Waals surface area (Å²) in [7, 11) is 0. The third-order valence-electron chi connectivity index (χ3n) is 8.01. The first kappa shape index (κ1) is 36.3. The van der Waals surface area contributed by atoms with E-state index in [0.29, 0.717) is 36.0 Å². The number of ether oxygens (including phenoxy) is 2. The Balaban J connectivity index is 1.14. The van der Waals surface area contributed by atoms with Gasteiger partial charge in [0.05, 0.1) is 0 Å². The molecule has 3 amide bonds. The number of benzene rings is 2. The number of rotatable bonds is 8. The lowest BCUT2D eigenvalue weighted by Crippen LogP contribution is -2.45. The van der Waals surface area contributed by atoms with Crippen molar-refractivity contribution in [1.29, 1.82) is 0 Å². The molecule has 50 heavy (non-hydrogen) atoms. The number of carbonyl (C=O) groups is 3. The van der Waals surface area contributed by atoms with Crippen LogP contribution in [-0.2, 0) is 16.0 Å². The van der Waals surface area contributed by atoms with Gasteiger partial charge in [0.25, 0.3) is 5.91 Å². The highest BCUT2D eigenvalue weighted by Crippen LogP contribution is 2.23. The van der Waals surface area contributed by atoms with Gasteiger partial charge in [-0.2, -0.15) is 0 Å². The summed E-state index contributed by atoms with van der Waals surface area (Å²) in [6, 6.07) is 18.9. The summed E-state index contributed by atoms with van der Waals surface area (Å²) >= 11 is 0. The fourth-order valence-electron chi connectivity index (χ4n) is 5.74. The van der Waals surface area contributed by atoms with Crippen LogP contribution in [0.3, 0.4) is 0 Å². The number of anilines is 3. The summed E-state index contributed by atoms with van der Waals surface area (Å²) < 4.78 is 11.0. The van der Waals surface area contributed by atoms with Crippen molar-refractivity contribution >= 4 is 41.1 Å². The van der Waals surface area contributed by atoms with Gasteiger partial charge in [-0.25, -0.2) is 14.6 Å². The van der Waals surface area contributed by atoms with Gasteiger partial charge in [-0.05, 0) is 96.7 Å². The maximum atomic E-state index is 13.1. The zero-order valence-corrected chi connectivity index (χ0v) is 29.9. The number of aliphatic imine (C=N–C) groups is 1. The van der Waals surface area contributed by atoms with Gasteiger partial charge in [0, 0.05) is 73.5 Å². The standard InChI is InChI=1S/C38H49N7O5/c1-37(2,3)49-35(47)43-29-16-21-44(22-17-29)25-26-11-13-27(14-12-26)34(46)42-31-15-19-39-32(24-31)41-30-10-7-9-28(23-30)33-40-18-8-20-45(33)36(48)50-38(4,5)6/h7,9-15,19,23-24,29H,8,16-18,20-22,25H2,1-6H3,(H,43,47)(H2,39,41,42,46). The fourth-order valence-corrected chi connectivity index (χ4v) is 5.74. The highest BCUT2D eigenvalue weighted by molar-refractivity contribution is 6.07. The zero-order valence-electron chi connectivity index (χ0n) is 29.9. The second-order valence-electron chi connectivity index (χ2n) is 14.7. The van der Waals surface area contributed by atoms with Crippen LogP contribution in [0, 0.1) is 0 Å². The molecule has 3 heterocycles. The Morgan fingerprint density at radius 1 is 0.860 bits per heavy atom. The number of pyridine rings is 1.